The summed E-state index contributed by atoms with van der Waals surface area (Å²) in [4.78, 5) is 59.5. The highest BCUT2D eigenvalue weighted by Gasteiger charge is 2.36. The van der Waals surface area contributed by atoms with Crippen molar-refractivity contribution in [2.24, 2.45) is 5.92 Å². The number of carbonyl (C=O) groups is 3. The Morgan fingerprint density at radius 1 is 1.26 bits per heavy atom. The number of anilines is 3. The van der Waals surface area contributed by atoms with Gasteiger partial charge in [-0.1, -0.05) is 17.7 Å². The van der Waals surface area contributed by atoms with Gasteiger partial charge in [-0.25, -0.2) is 0 Å². The van der Waals surface area contributed by atoms with Crippen LogP contribution >= 0.6 is 11.6 Å². The lowest BCUT2D eigenvalue weighted by molar-refractivity contribution is -0.148. The Hall–Kier alpha value is -3.40. The number of rotatable bonds is 5. The largest absolute Gasteiger partial charge is 0.466 e. The molecule has 2 aliphatic rings. The first-order valence-electron chi connectivity index (χ1n) is 11.2. The molecule has 4 rings (SSSR count). The number of fused-ring (bicyclic) bond motifs is 1. The number of piperidine rings is 1. The minimum absolute atomic E-state index is 0.0745. The van der Waals surface area contributed by atoms with Crippen molar-refractivity contribution in [3.05, 3.63) is 44.7 Å². The van der Waals surface area contributed by atoms with Crippen LogP contribution in [0.4, 0.5) is 17.5 Å². The molecule has 0 unspecified atom stereocenters. The Morgan fingerprint density at radius 3 is 2.71 bits per heavy atom. The van der Waals surface area contributed by atoms with E-state index in [4.69, 9.17) is 16.3 Å². The molecule has 1 aromatic carbocycles. The van der Waals surface area contributed by atoms with Crippen LogP contribution in [-0.4, -0.2) is 47.4 Å². The van der Waals surface area contributed by atoms with E-state index >= 15 is 0 Å². The average molecular weight is 488 g/mol. The Labute approximate surface area is 201 Å². The van der Waals surface area contributed by atoms with Gasteiger partial charge in [0.2, 0.25) is 17.8 Å². The first-order valence-corrected chi connectivity index (χ1v) is 11.6. The molecule has 0 bridgehead atoms. The van der Waals surface area contributed by atoms with Gasteiger partial charge in [-0.15, -0.1) is 0 Å². The maximum atomic E-state index is 13.1. The summed E-state index contributed by atoms with van der Waals surface area (Å²) >= 11 is 6.04. The maximum absolute atomic E-state index is 13.1. The van der Waals surface area contributed by atoms with Crippen molar-refractivity contribution >= 4 is 46.8 Å². The molecule has 2 amide bonds. The molecule has 10 nitrogen and oxygen atoms in total. The van der Waals surface area contributed by atoms with Crippen molar-refractivity contribution in [2.45, 2.75) is 39.0 Å². The third-order valence-electron chi connectivity index (χ3n) is 6.13. The number of amides is 2. The number of aromatic amines is 1. The summed E-state index contributed by atoms with van der Waals surface area (Å²) in [6, 6.07) is 5.09. The molecule has 1 aromatic heterocycles. The topological polar surface area (TPSA) is 133 Å². The summed E-state index contributed by atoms with van der Waals surface area (Å²) in [5.74, 6) is -1.93. The van der Waals surface area contributed by atoms with Gasteiger partial charge < -0.3 is 20.3 Å². The van der Waals surface area contributed by atoms with Crippen LogP contribution in [0.2, 0.25) is 5.02 Å². The minimum atomic E-state index is -0.998. The number of H-pyrrole nitrogens is 1. The molecule has 180 valence electrons. The first-order chi connectivity index (χ1) is 16.3. The fourth-order valence-corrected chi connectivity index (χ4v) is 4.44. The molecule has 2 aromatic rings. The van der Waals surface area contributed by atoms with Gasteiger partial charge in [-0.3, -0.25) is 24.2 Å². The number of benzene rings is 1. The number of hydrogen-bond donors (Lipinski definition) is 3. The Balaban J connectivity index is 1.55. The van der Waals surface area contributed by atoms with Gasteiger partial charge in [0.1, 0.15) is 5.82 Å². The maximum Gasteiger partial charge on any atom is 0.309 e. The van der Waals surface area contributed by atoms with Crippen molar-refractivity contribution in [3.63, 3.8) is 0 Å². The van der Waals surface area contributed by atoms with Gasteiger partial charge >= 0.3 is 5.97 Å². The smallest absolute Gasteiger partial charge is 0.309 e. The van der Waals surface area contributed by atoms with E-state index in [2.05, 4.69) is 20.6 Å². The van der Waals surface area contributed by atoms with Crippen molar-refractivity contribution < 1.29 is 19.1 Å². The molecule has 1 saturated heterocycles. The highest BCUT2D eigenvalue weighted by molar-refractivity contribution is 6.31. The van der Waals surface area contributed by atoms with Gasteiger partial charge in [0.05, 0.1) is 24.0 Å². The molecule has 0 spiro atoms. The number of esters is 1. The van der Waals surface area contributed by atoms with E-state index < -0.39 is 23.3 Å². The zero-order valence-electron chi connectivity index (χ0n) is 18.9. The third kappa shape index (κ3) is 4.91. The summed E-state index contributed by atoms with van der Waals surface area (Å²) in [5.41, 5.74) is 0.930. The molecule has 3 heterocycles. The van der Waals surface area contributed by atoms with E-state index in [1.54, 1.807) is 25.1 Å². The highest BCUT2D eigenvalue weighted by Crippen LogP contribution is 2.32. The number of nitrogens with one attached hydrogen (secondary N) is 3. The van der Waals surface area contributed by atoms with E-state index in [1.807, 2.05) is 11.8 Å². The zero-order chi connectivity index (χ0) is 24.4. The highest BCUT2D eigenvalue weighted by atomic mass is 35.5. The van der Waals surface area contributed by atoms with Gasteiger partial charge in [0.25, 0.3) is 5.56 Å². The van der Waals surface area contributed by atoms with Crippen molar-refractivity contribution in [3.8, 4) is 0 Å². The van der Waals surface area contributed by atoms with Crippen LogP contribution in [0, 0.1) is 12.8 Å². The molecule has 1 fully saturated rings. The Kier molecular flexibility index (Phi) is 6.87. The second-order valence-electron chi connectivity index (χ2n) is 8.42. The lowest BCUT2D eigenvalue weighted by Crippen LogP contribution is -2.41. The fourth-order valence-electron chi connectivity index (χ4n) is 4.27. The van der Waals surface area contributed by atoms with Crippen LogP contribution < -0.4 is 21.1 Å². The van der Waals surface area contributed by atoms with Crippen LogP contribution in [0.5, 0.6) is 0 Å². The predicted molar refractivity (Wildman–Crippen MR) is 127 cm³/mol. The number of aryl methyl sites for hydroxylation is 1. The van der Waals surface area contributed by atoms with E-state index in [0.717, 1.165) is 5.56 Å². The molecule has 0 radical (unpaired) electrons. The van der Waals surface area contributed by atoms with Crippen LogP contribution in [0.25, 0.3) is 0 Å². The van der Waals surface area contributed by atoms with Crippen LogP contribution in [-0.2, 0) is 19.1 Å². The summed E-state index contributed by atoms with van der Waals surface area (Å²) < 4.78 is 5.09. The molecule has 1 atom stereocenters. The monoisotopic (exact) mass is 487 g/mol. The molecule has 0 saturated carbocycles. The third-order valence-corrected chi connectivity index (χ3v) is 6.36. The van der Waals surface area contributed by atoms with E-state index in [-0.39, 0.29) is 35.6 Å². The van der Waals surface area contributed by atoms with Gasteiger partial charge in [0.15, 0.2) is 0 Å². The van der Waals surface area contributed by atoms with Crippen LogP contribution in [0.3, 0.4) is 0 Å². The summed E-state index contributed by atoms with van der Waals surface area (Å²) in [5, 5.41) is 5.85. The molecule has 2 aliphatic heterocycles. The first kappa shape index (κ1) is 23.7. The molecular formula is C23H26ClN5O5. The van der Waals surface area contributed by atoms with E-state index in [0.29, 0.717) is 43.2 Å². The minimum Gasteiger partial charge on any atom is -0.466 e. The normalized spacial score (nSPS) is 18.1. The van der Waals surface area contributed by atoms with Crippen molar-refractivity contribution in [1.29, 1.82) is 0 Å². The SMILES string of the molecule is CCOC(=O)C1CCN(c2nc3c(c(=O)[nH]2)[C@H](C(=O)Nc2cc(Cl)ccc2C)CC(=O)N3)CC1. The number of carbonyl (C=O) groups excluding carboxylic acids is 3. The molecule has 0 aliphatic carbocycles. The summed E-state index contributed by atoms with van der Waals surface area (Å²) in [6.07, 6.45) is 0.958. The Bertz CT molecular complexity index is 1190. The molecular weight excluding hydrogens is 462 g/mol. The number of halogens is 1. The summed E-state index contributed by atoms with van der Waals surface area (Å²) in [7, 11) is 0. The summed E-state index contributed by atoms with van der Waals surface area (Å²) in [6.45, 7) is 4.92. The standard InChI is InChI=1S/C23H26ClN5O5/c1-3-34-22(33)13-6-8-29(9-7-13)23-27-19-18(21(32)28-23)15(11-17(30)26-19)20(31)25-16-10-14(24)5-4-12(16)2/h4-5,10,13,15H,3,6-9,11H2,1-2H3,(H,25,31)(H2,26,27,28,30,32)/t15-/m1/s1. The lowest BCUT2D eigenvalue weighted by atomic mass is 9.92. The second-order valence-corrected chi connectivity index (χ2v) is 8.86. The lowest BCUT2D eigenvalue weighted by Gasteiger charge is -2.32. The second kappa shape index (κ2) is 9.84. The van der Waals surface area contributed by atoms with E-state index in [9.17, 15) is 19.2 Å². The average Bonchev–Trinajstić information content (AvgIpc) is 2.80. The Morgan fingerprint density at radius 2 is 2.00 bits per heavy atom. The number of ether oxygens (including phenoxy) is 1. The van der Waals surface area contributed by atoms with Crippen molar-refractivity contribution in [1.82, 2.24) is 9.97 Å². The van der Waals surface area contributed by atoms with Crippen LogP contribution in [0.1, 0.15) is 43.2 Å². The molecule has 11 heteroatoms. The number of nitrogens with zero attached hydrogens (tertiary/aromatic N) is 2. The van der Waals surface area contributed by atoms with Gasteiger partial charge in [-0.2, -0.15) is 4.98 Å². The van der Waals surface area contributed by atoms with Gasteiger partial charge in [0, 0.05) is 30.2 Å². The zero-order valence-corrected chi connectivity index (χ0v) is 19.7. The molecule has 34 heavy (non-hydrogen) atoms. The fraction of sp³-hybridized carbons (Fsp3) is 0.435. The number of hydrogen-bond acceptors (Lipinski definition) is 7. The quantitative estimate of drug-likeness (QED) is 0.552. The van der Waals surface area contributed by atoms with E-state index in [1.165, 1.54) is 0 Å². The van der Waals surface area contributed by atoms with Crippen LogP contribution in [0.15, 0.2) is 23.0 Å². The molecule has 3 N–H and O–H groups in total. The van der Waals surface area contributed by atoms with Gasteiger partial charge in [-0.05, 0) is 44.4 Å². The van der Waals surface area contributed by atoms with Crippen molar-refractivity contribution in [2.75, 3.05) is 35.2 Å². The number of aromatic nitrogens is 2. The predicted octanol–water partition coefficient (Wildman–Crippen LogP) is 2.58.